The van der Waals surface area contributed by atoms with Crippen molar-refractivity contribution in [3.63, 3.8) is 0 Å². The molecule has 16 heavy (non-hydrogen) atoms. The van der Waals surface area contributed by atoms with E-state index in [0.29, 0.717) is 6.61 Å². The molecule has 0 aromatic heterocycles. The maximum atomic E-state index is 11.6. The third-order valence-corrected chi connectivity index (χ3v) is 3.08. The van der Waals surface area contributed by atoms with Crippen LogP contribution in [0.4, 0.5) is 5.69 Å². The molecule has 0 radical (unpaired) electrons. The standard InChI is InChI=1S/C13H17NO2/c1-2-16-13(15)11-4-3-10-8-12(14)6-5-9(10)7-11/h5-6,8,11H,2-4,7,14H2,1H3. The fraction of sp³-hybridized carbons (Fsp3) is 0.462. The first-order chi connectivity index (χ1) is 7.70. The van der Waals surface area contributed by atoms with Crippen LogP contribution in [0.25, 0.3) is 0 Å². The molecule has 0 heterocycles. The van der Waals surface area contributed by atoms with E-state index in [9.17, 15) is 4.79 Å². The molecule has 1 aromatic carbocycles. The van der Waals surface area contributed by atoms with Gasteiger partial charge in [-0.1, -0.05) is 6.07 Å². The molecule has 2 N–H and O–H groups in total. The molecular formula is C13H17NO2. The van der Waals surface area contributed by atoms with Gasteiger partial charge in [0.2, 0.25) is 0 Å². The van der Waals surface area contributed by atoms with Crippen molar-refractivity contribution in [3.05, 3.63) is 29.3 Å². The van der Waals surface area contributed by atoms with Gasteiger partial charge in [0.15, 0.2) is 0 Å². The van der Waals surface area contributed by atoms with Crippen LogP contribution in [0.2, 0.25) is 0 Å². The van der Waals surface area contributed by atoms with Gasteiger partial charge in [0, 0.05) is 5.69 Å². The van der Waals surface area contributed by atoms with Gasteiger partial charge in [0.05, 0.1) is 12.5 Å². The van der Waals surface area contributed by atoms with Crippen LogP contribution >= 0.6 is 0 Å². The summed E-state index contributed by atoms with van der Waals surface area (Å²) in [6.07, 6.45) is 2.58. The van der Waals surface area contributed by atoms with Crippen LogP contribution in [0.5, 0.6) is 0 Å². The van der Waals surface area contributed by atoms with E-state index in [-0.39, 0.29) is 11.9 Å². The molecule has 3 heteroatoms. The lowest BCUT2D eigenvalue weighted by Crippen LogP contribution is -2.24. The van der Waals surface area contributed by atoms with Gasteiger partial charge < -0.3 is 10.5 Å². The Morgan fingerprint density at radius 3 is 3.06 bits per heavy atom. The van der Waals surface area contributed by atoms with Crippen LogP contribution in [0.15, 0.2) is 18.2 Å². The molecule has 1 aliphatic carbocycles. The molecule has 0 amide bonds. The molecule has 0 saturated carbocycles. The van der Waals surface area contributed by atoms with Gasteiger partial charge in [-0.05, 0) is 49.4 Å². The second-order valence-corrected chi connectivity index (χ2v) is 4.22. The number of hydrogen-bond acceptors (Lipinski definition) is 3. The molecule has 0 fully saturated rings. The van der Waals surface area contributed by atoms with E-state index in [1.165, 1.54) is 11.1 Å². The number of rotatable bonds is 2. The van der Waals surface area contributed by atoms with Crippen LogP contribution in [0.1, 0.15) is 24.5 Å². The molecular weight excluding hydrogens is 202 g/mol. The highest BCUT2D eigenvalue weighted by Crippen LogP contribution is 2.27. The van der Waals surface area contributed by atoms with Crippen molar-refractivity contribution >= 4 is 11.7 Å². The molecule has 86 valence electrons. The summed E-state index contributed by atoms with van der Waals surface area (Å²) in [4.78, 5) is 11.6. The van der Waals surface area contributed by atoms with E-state index in [2.05, 4.69) is 0 Å². The number of ether oxygens (including phenoxy) is 1. The van der Waals surface area contributed by atoms with Crippen molar-refractivity contribution < 1.29 is 9.53 Å². The van der Waals surface area contributed by atoms with E-state index < -0.39 is 0 Å². The van der Waals surface area contributed by atoms with E-state index in [1.807, 2.05) is 25.1 Å². The lowest BCUT2D eigenvalue weighted by atomic mass is 9.84. The van der Waals surface area contributed by atoms with Crippen LogP contribution in [0, 0.1) is 5.92 Å². The van der Waals surface area contributed by atoms with E-state index in [1.54, 1.807) is 0 Å². The number of nitrogens with two attached hydrogens (primary N) is 1. The number of nitrogen functional groups attached to an aromatic ring is 1. The number of fused-ring (bicyclic) bond motifs is 1. The first-order valence-electron chi connectivity index (χ1n) is 5.74. The highest BCUT2D eigenvalue weighted by Gasteiger charge is 2.25. The van der Waals surface area contributed by atoms with Crippen molar-refractivity contribution in [1.29, 1.82) is 0 Å². The van der Waals surface area contributed by atoms with Gasteiger partial charge in [0.25, 0.3) is 0 Å². The first kappa shape index (κ1) is 11.0. The zero-order valence-corrected chi connectivity index (χ0v) is 9.53. The summed E-state index contributed by atoms with van der Waals surface area (Å²) in [5, 5.41) is 0. The number of esters is 1. The van der Waals surface area contributed by atoms with Crippen LogP contribution < -0.4 is 5.73 Å². The smallest absolute Gasteiger partial charge is 0.309 e. The van der Waals surface area contributed by atoms with Gasteiger partial charge in [-0.3, -0.25) is 4.79 Å². The molecule has 3 nitrogen and oxygen atoms in total. The summed E-state index contributed by atoms with van der Waals surface area (Å²) in [5.41, 5.74) is 9.04. The third kappa shape index (κ3) is 2.18. The Hall–Kier alpha value is -1.51. The molecule has 0 bridgehead atoms. The number of hydrogen-bond donors (Lipinski definition) is 1. The Balaban J connectivity index is 2.12. The minimum absolute atomic E-state index is 0.0241. The quantitative estimate of drug-likeness (QED) is 0.611. The summed E-state index contributed by atoms with van der Waals surface area (Å²) in [5.74, 6) is -0.0407. The summed E-state index contributed by atoms with van der Waals surface area (Å²) in [6.45, 7) is 2.30. The SMILES string of the molecule is CCOC(=O)C1CCc2cc(N)ccc2C1. The fourth-order valence-electron chi connectivity index (χ4n) is 2.24. The topological polar surface area (TPSA) is 52.3 Å². The first-order valence-corrected chi connectivity index (χ1v) is 5.74. The van der Waals surface area contributed by atoms with E-state index in [0.717, 1.165) is 24.9 Å². The number of carbonyl (C=O) groups excluding carboxylic acids is 1. The largest absolute Gasteiger partial charge is 0.466 e. The normalized spacial score (nSPS) is 18.9. The van der Waals surface area contributed by atoms with Crippen LogP contribution in [-0.2, 0) is 22.4 Å². The van der Waals surface area contributed by atoms with Gasteiger partial charge >= 0.3 is 5.97 Å². The summed E-state index contributed by atoms with van der Waals surface area (Å²) in [6, 6.07) is 5.93. The van der Waals surface area contributed by atoms with E-state index in [4.69, 9.17) is 10.5 Å². The second kappa shape index (κ2) is 4.56. The molecule has 1 unspecified atom stereocenters. The van der Waals surface area contributed by atoms with Gasteiger partial charge in [-0.25, -0.2) is 0 Å². The molecule has 1 aliphatic rings. The van der Waals surface area contributed by atoms with Crippen molar-refractivity contribution in [3.8, 4) is 0 Å². The Morgan fingerprint density at radius 2 is 2.31 bits per heavy atom. The molecule has 0 spiro atoms. The molecule has 0 aliphatic heterocycles. The van der Waals surface area contributed by atoms with Gasteiger partial charge in [-0.2, -0.15) is 0 Å². The molecule has 1 aromatic rings. The average molecular weight is 219 g/mol. The Labute approximate surface area is 95.6 Å². The zero-order valence-electron chi connectivity index (χ0n) is 9.53. The van der Waals surface area contributed by atoms with Crippen LogP contribution in [-0.4, -0.2) is 12.6 Å². The number of anilines is 1. The van der Waals surface area contributed by atoms with Crippen molar-refractivity contribution in [2.45, 2.75) is 26.2 Å². The minimum atomic E-state index is -0.0648. The number of benzene rings is 1. The Kier molecular flexibility index (Phi) is 3.13. The molecule has 0 saturated heterocycles. The molecule has 2 rings (SSSR count). The fourth-order valence-corrected chi connectivity index (χ4v) is 2.24. The predicted molar refractivity (Wildman–Crippen MR) is 63.0 cm³/mol. The van der Waals surface area contributed by atoms with Gasteiger partial charge in [-0.15, -0.1) is 0 Å². The van der Waals surface area contributed by atoms with Crippen molar-refractivity contribution in [1.82, 2.24) is 0 Å². The third-order valence-electron chi connectivity index (χ3n) is 3.08. The van der Waals surface area contributed by atoms with Crippen molar-refractivity contribution in [2.24, 2.45) is 5.92 Å². The van der Waals surface area contributed by atoms with E-state index >= 15 is 0 Å². The van der Waals surface area contributed by atoms with Gasteiger partial charge in [0.1, 0.15) is 0 Å². The maximum Gasteiger partial charge on any atom is 0.309 e. The molecule has 1 atom stereocenters. The van der Waals surface area contributed by atoms with Crippen LogP contribution in [0.3, 0.4) is 0 Å². The zero-order chi connectivity index (χ0) is 11.5. The average Bonchev–Trinajstić information content (AvgIpc) is 2.28. The number of aryl methyl sites for hydroxylation is 1. The summed E-state index contributed by atoms with van der Waals surface area (Å²) >= 11 is 0. The maximum absolute atomic E-state index is 11.6. The second-order valence-electron chi connectivity index (χ2n) is 4.22. The highest BCUT2D eigenvalue weighted by molar-refractivity contribution is 5.73. The van der Waals surface area contributed by atoms with Crippen molar-refractivity contribution in [2.75, 3.05) is 12.3 Å². The number of carbonyl (C=O) groups is 1. The highest BCUT2D eigenvalue weighted by atomic mass is 16.5. The lowest BCUT2D eigenvalue weighted by molar-refractivity contribution is -0.148. The Morgan fingerprint density at radius 1 is 1.50 bits per heavy atom. The monoisotopic (exact) mass is 219 g/mol. The summed E-state index contributed by atoms with van der Waals surface area (Å²) in [7, 11) is 0. The minimum Gasteiger partial charge on any atom is -0.466 e. The Bertz CT molecular complexity index is 401. The predicted octanol–water partition coefficient (Wildman–Crippen LogP) is 1.94. The lowest BCUT2D eigenvalue weighted by Gasteiger charge is -2.23. The summed E-state index contributed by atoms with van der Waals surface area (Å²) < 4.78 is 5.06.